The number of benzene rings is 2. The number of aromatic nitrogens is 3. The first-order valence-electron chi connectivity index (χ1n) is 7.91. The van der Waals surface area contributed by atoms with E-state index in [1.165, 1.54) is 22.8 Å². The van der Waals surface area contributed by atoms with Gasteiger partial charge in [-0.15, -0.1) is 0 Å². The zero-order valence-electron chi connectivity index (χ0n) is 14.1. The summed E-state index contributed by atoms with van der Waals surface area (Å²) in [6.07, 6.45) is 0. The number of H-pyrrole nitrogens is 1. The van der Waals surface area contributed by atoms with Gasteiger partial charge in [-0.1, -0.05) is 12.1 Å². The minimum atomic E-state index is -3.98. The monoisotopic (exact) mass is 393 g/mol. The minimum absolute atomic E-state index is 0.0305. The Morgan fingerprint density at radius 2 is 1.89 bits per heavy atom. The lowest BCUT2D eigenvalue weighted by molar-refractivity contribution is 0.597. The van der Waals surface area contributed by atoms with Gasteiger partial charge in [0, 0.05) is 5.69 Å². The molecule has 0 unspecified atom stereocenters. The molecule has 138 valence electrons. The Kier molecular flexibility index (Phi) is 3.85. The third kappa shape index (κ3) is 2.84. The van der Waals surface area contributed by atoms with Crippen molar-refractivity contribution in [2.24, 2.45) is 5.14 Å². The molecule has 0 bridgehead atoms. The van der Waals surface area contributed by atoms with Crippen LogP contribution < -0.4 is 16.4 Å². The lowest BCUT2D eigenvalue weighted by atomic mass is 10.1. The van der Waals surface area contributed by atoms with E-state index in [9.17, 15) is 23.3 Å². The largest absolute Gasteiger partial charge is 0.349 e. The average molecular weight is 393 g/mol. The van der Waals surface area contributed by atoms with Crippen molar-refractivity contribution in [2.45, 2.75) is 4.90 Å². The highest BCUT2D eigenvalue weighted by Gasteiger charge is 2.19. The summed E-state index contributed by atoms with van der Waals surface area (Å²) in [4.78, 5) is 30.0. The molecule has 9 nitrogen and oxygen atoms in total. The lowest BCUT2D eigenvalue weighted by Gasteiger charge is -2.18. The van der Waals surface area contributed by atoms with E-state index in [1.807, 2.05) is 6.07 Å². The van der Waals surface area contributed by atoms with Crippen LogP contribution in [-0.2, 0) is 10.0 Å². The summed E-state index contributed by atoms with van der Waals surface area (Å²) in [5.41, 5.74) is -0.208. The molecule has 28 heavy (non-hydrogen) atoms. The summed E-state index contributed by atoms with van der Waals surface area (Å²) in [5, 5.41) is 15.1. The smallest absolute Gasteiger partial charge is 0.294 e. The maximum absolute atomic E-state index is 12.3. The van der Waals surface area contributed by atoms with Crippen LogP contribution in [0.2, 0.25) is 0 Å². The summed E-state index contributed by atoms with van der Waals surface area (Å²) in [6.45, 7) is 0. The number of primary sulfonamides is 1. The quantitative estimate of drug-likeness (QED) is 0.478. The maximum atomic E-state index is 12.3. The van der Waals surface area contributed by atoms with Gasteiger partial charge in [-0.25, -0.2) is 18.4 Å². The molecule has 4 rings (SSSR count). The number of aromatic amines is 1. The van der Waals surface area contributed by atoms with Gasteiger partial charge in [-0.2, -0.15) is 10.2 Å². The fourth-order valence-electron chi connectivity index (χ4n) is 3.01. The topological polar surface area (TPSA) is 152 Å². The van der Waals surface area contributed by atoms with E-state index >= 15 is 0 Å². The van der Waals surface area contributed by atoms with Crippen LogP contribution in [0.5, 0.6) is 0 Å². The number of nitrogens with zero attached hydrogens (tertiary/aromatic N) is 3. The van der Waals surface area contributed by atoms with Gasteiger partial charge in [-0.3, -0.25) is 14.3 Å². The highest BCUT2D eigenvalue weighted by molar-refractivity contribution is 7.89. The Bertz CT molecular complexity index is 1500. The van der Waals surface area contributed by atoms with Gasteiger partial charge in [0.05, 0.1) is 27.6 Å². The second-order valence-corrected chi connectivity index (χ2v) is 7.58. The molecule has 2 heterocycles. The van der Waals surface area contributed by atoms with E-state index in [1.54, 1.807) is 30.3 Å². The average Bonchev–Trinajstić information content (AvgIpc) is 2.65. The fraction of sp³-hybridized carbons (Fsp3) is 0. The molecule has 2 aromatic rings. The molecule has 10 heteroatoms. The molecule has 0 amide bonds. The standard InChI is InChI=1S/C18H11N5O4S/c19-9-10-4-5-11-7-14-16(21-18(25)22-17(14)24)23(15(11)6-10)12-2-1-3-13(8-12)28(20,26)27/h1-8H,(H2,20,26,27)(H,22,24,25). The SMILES string of the molecule is N#Cc1ccc2cc3c(=O)[nH]c(=O)nc-3n(-c3cccc(S(N)(=O)=O)c3)c2c1. The second-order valence-electron chi connectivity index (χ2n) is 6.02. The zero-order chi connectivity index (χ0) is 20.1. The van der Waals surface area contributed by atoms with E-state index in [0.29, 0.717) is 22.2 Å². The molecule has 0 saturated carbocycles. The molecule has 0 fully saturated rings. The fourth-order valence-corrected chi connectivity index (χ4v) is 3.56. The van der Waals surface area contributed by atoms with Crippen LogP contribution in [0.25, 0.3) is 28.0 Å². The van der Waals surface area contributed by atoms with Crippen LogP contribution >= 0.6 is 0 Å². The number of nitrogens with one attached hydrogen (secondary N) is 1. The number of nitrogens with two attached hydrogens (primary N) is 1. The lowest BCUT2D eigenvalue weighted by Crippen LogP contribution is -2.27. The summed E-state index contributed by atoms with van der Waals surface area (Å²) < 4.78 is 25.0. The molecule has 0 aliphatic carbocycles. The molecule has 0 radical (unpaired) electrons. The predicted molar refractivity (Wildman–Crippen MR) is 101 cm³/mol. The predicted octanol–water partition coefficient (Wildman–Crippen LogP) is 0.698. The van der Waals surface area contributed by atoms with Crippen LogP contribution in [-0.4, -0.2) is 23.0 Å². The van der Waals surface area contributed by atoms with Crippen LogP contribution in [0.3, 0.4) is 0 Å². The van der Waals surface area contributed by atoms with E-state index in [-0.39, 0.29) is 16.3 Å². The van der Waals surface area contributed by atoms with Gasteiger partial charge in [0.1, 0.15) is 0 Å². The Labute approximate surface area is 157 Å². The van der Waals surface area contributed by atoms with E-state index in [0.717, 1.165) is 0 Å². The Morgan fingerprint density at radius 1 is 1.11 bits per heavy atom. The number of hydrogen-bond acceptors (Lipinski definition) is 6. The Morgan fingerprint density at radius 3 is 2.61 bits per heavy atom. The number of nitriles is 1. The van der Waals surface area contributed by atoms with Crippen LogP contribution in [0.15, 0.2) is 63.0 Å². The molecule has 2 aliphatic rings. The number of fused-ring (bicyclic) bond motifs is 2. The van der Waals surface area contributed by atoms with E-state index in [2.05, 4.69) is 9.97 Å². The van der Waals surface area contributed by atoms with Crippen molar-refractivity contribution in [3.05, 3.63) is 74.9 Å². The van der Waals surface area contributed by atoms with Crippen molar-refractivity contribution < 1.29 is 8.42 Å². The molecule has 0 aromatic heterocycles. The molecule has 0 saturated heterocycles. The molecule has 0 atom stereocenters. The van der Waals surface area contributed by atoms with Crippen molar-refractivity contribution in [2.75, 3.05) is 0 Å². The van der Waals surface area contributed by atoms with Crippen molar-refractivity contribution in [1.29, 1.82) is 5.26 Å². The van der Waals surface area contributed by atoms with Crippen LogP contribution in [0.1, 0.15) is 5.56 Å². The summed E-state index contributed by atoms with van der Waals surface area (Å²) >= 11 is 0. The highest BCUT2D eigenvalue weighted by atomic mass is 32.2. The minimum Gasteiger partial charge on any atom is -0.294 e. The summed E-state index contributed by atoms with van der Waals surface area (Å²) in [5.74, 6) is 0.0305. The molecule has 2 aromatic carbocycles. The third-order valence-corrected chi connectivity index (χ3v) is 5.14. The molecule has 0 spiro atoms. The molecule has 3 N–H and O–H groups in total. The molecular formula is C18H11N5O4S. The van der Waals surface area contributed by atoms with Gasteiger partial charge in [-0.05, 0) is 41.8 Å². The second kappa shape index (κ2) is 6.12. The zero-order valence-corrected chi connectivity index (χ0v) is 14.9. The maximum Gasteiger partial charge on any atom is 0.349 e. The Hall–Kier alpha value is -3.81. The number of rotatable bonds is 2. The van der Waals surface area contributed by atoms with Crippen molar-refractivity contribution in [3.8, 4) is 23.1 Å². The summed E-state index contributed by atoms with van der Waals surface area (Å²) in [6, 6.07) is 14.1. The highest BCUT2D eigenvalue weighted by Crippen LogP contribution is 2.29. The van der Waals surface area contributed by atoms with Gasteiger partial charge < -0.3 is 0 Å². The molecular weight excluding hydrogens is 382 g/mol. The Balaban J connectivity index is 2.23. The third-order valence-electron chi connectivity index (χ3n) is 4.23. The van der Waals surface area contributed by atoms with Gasteiger partial charge in [0.2, 0.25) is 10.0 Å². The van der Waals surface area contributed by atoms with Crippen molar-refractivity contribution >= 4 is 20.9 Å². The summed E-state index contributed by atoms with van der Waals surface area (Å²) in [7, 11) is -3.98. The number of hydrogen-bond donors (Lipinski definition) is 2. The first-order valence-corrected chi connectivity index (χ1v) is 9.46. The van der Waals surface area contributed by atoms with Crippen molar-refractivity contribution in [1.82, 2.24) is 14.5 Å². The normalized spacial score (nSPS) is 11.6. The van der Waals surface area contributed by atoms with E-state index in [4.69, 9.17) is 5.14 Å². The first kappa shape index (κ1) is 17.6. The molecule has 2 aliphatic heterocycles. The number of pyridine rings is 1. The van der Waals surface area contributed by atoms with Gasteiger partial charge >= 0.3 is 5.69 Å². The van der Waals surface area contributed by atoms with Crippen LogP contribution in [0.4, 0.5) is 0 Å². The van der Waals surface area contributed by atoms with Crippen LogP contribution in [0, 0.1) is 11.3 Å². The van der Waals surface area contributed by atoms with Crippen molar-refractivity contribution in [3.63, 3.8) is 0 Å². The number of sulfonamides is 1. The van der Waals surface area contributed by atoms with Gasteiger partial charge in [0.25, 0.3) is 5.56 Å². The first-order chi connectivity index (χ1) is 13.3. The van der Waals surface area contributed by atoms with E-state index < -0.39 is 21.3 Å². The van der Waals surface area contributed by atoms with Gasteiger partial charge in [0.15, 0.2) is 5.82 Å².